The summed E-state index contributed by atoms with van der Waals surface area (Å²) in [6, 6.07) is 4.97. The van der Waals surface area contributed by atoms with Crippen LogP contribution in [0.25, 0.3) is 10.9 Å². The fourth-order valence-corrected chi connectivity index (χ4v) is 3.20. The topological polar surface area (TPSA) is 87.2 Å². The molecule has 2 N–H and O–H groups in total. The molecule has 2 aromatic rings. The molecule has 0 spiro atoms. The van der Waals surface area contributed by atoms with Gasteiger partial charge in [-0.3, -0.25) is 14.2 Å². The minimum atomic E-state index is -0.494. The Labute approximate surface area is 149 Å². The number of benzene rings is 1. The minimum Gasteiger partial charge on any atom is -0.382 e. The van der Waals surface area contributed by atoms with Crippen LogP contribution in [0, 0.1) is 0 Å². The molecule has 6 nitrogen and oxygen atoms in total. The molecule has 2 rings (SSSR count). The summed E-state index contributed by atoms with van der Waals surface area (Å²) in [6.45, 7) is 5.24. The fourth-order valence-electron chi connectivity index (χ4n) is 2.15. The number of carbonyl (C=O) groups is 1. The quantitative estimate of drug-likeness (QED) is 0.438. The Morgan fingerprint density at radius 3 is 2.92 bits per heavy atom. The lowest BCUT2D eigenvalue weighted by Crippen LogP contribution is -2.27. The Morgan fingerprint density at radius 2 is 2.25 bits per heavy atom. The average molecular weight is 370 g/mol. The Morgan fingerprint density at radius 1 is 1.50 bits per heavy atom. The number of hydrogen-bond donors (Lipinski definition) is 1. The van der Waals surface area contributed by atoms with Crippen molar-refractivity contribution in [2.24, 2.45) is 5.73 Å². The minimum absolute atomic E-state index is 0.160. The lowest BCUT2D eigenvalue weighted by atomic mass is 10.2. The number of hydrogen-bond acceptors (Lipinski definition) is 5. The molecule has 0 radical (unpaired) electrons. The van der Waals surface area contributed by atoms with E-state index < -0.39 is 11.2 Å². The number of primary amides is 1. The summed E-state index contributed by atoms with van der Waals surface area (Å²) in [5.74, 6) is -0.457. The van der Waals surface area contributed by atoms with Gasteiger partial charge in [0.1, 0.15) is 0 Å². The predicted molar refractivity (Wildman–Crippen MR) is 96.6 cm³/mol. The molecule has 0 saturated heterocycles. The lowest BCUT2D eigenvalue weighted by molar-refractivity contribution is -0.117. The molecule has 1 amide bonds. The van der Waals surface area contributed by atoms with E-state index in [-0.39, 0.29) is 5.56 Å². The molecule has 0 unspecified atom stereocenters. The molecule has 1 atom stereocenters. The van der Waals surface area contributed by atoms with Crippen LogP contribution in [0.15, 0.2) is 28.2 Å². The zero-order chi connectivity index (χ0) is 17.7. The molecule has 0 saturated carbocycles. The third-order valence-corrected chi connectivity index (χ3v) is 4.78. The molecule has 1 aromatic heterocycles. The van der Waals surface area contributed by atoms with Crippen LogP contribution in [-0.2, 0) is 16.1 Å². The second-order valence-corrected chi connectivity index (χ2v) is 6.97. The summed E-state index contributed by atoms with van der Waals surface area (Å²) in [5, 5.41) is 0.957. The Bertz CT molecular complexity index is 794. The van der Waals surface area contributed by atoms with E-state index in [1.807, 2.05) is 6.92 Å². The van der Waals surface area contributed by atoms with Gasteiger partial charge in [0.05, 0.1) is 16.2 Å². The number of nitrogens with two attached hydrogens (primary N) is 1. The molecular weight excluding hydrogens is 350 g/mol. The Hall–Kier alpha value is -1.57. The summed E-state index contributed by atoms with van der Waals surface area (Å²) in [6.07, 6.45) is 0.674. The highest BCUT2D eigenvalue weighted by atomic mass is 35.5. The van der Waals surface area contributed by atoms with E-state index in [0.29, 0.717) is 47.3 Å². The first-order valence-corrected chi connectivity index (χ1v) is 8.93. The van der Waals surface area contributed by atoms with E-state index >= 15 is 0 Å². The van der Waals surface area contributed by atoms with Gasteiger partial charge in [-0.05, 0) is 38.5 Å². The molecular formula is C16H20ClN3O3S. The Balaban J connectivity index is 2.45. The van der Waals surface area contributed by atoms with E-state index in [9.17, 15) is 9.59 Å². The van der Waals surface area contributed by atoms with Gasteiger partial charge in [-0.25, -0.2) is 4.98 Å². The average Bonchev–Trinajstić information content (AvgIpc) is 2.53. The summed E-state index contributed by atoms with van der Waals surface area (Å²) < 4.78 is 6.89. The SMILES string of the molecule is CCOCCCn1c(S[C@@H](C)C(N)=O)nc2cc(Cl)ccc2c1=O. The van der Waals surface area contributed by atoms with Crippen molar-refractivity contribution in [1.29, 1.82) is 0 Å². The number of rotatable bonds is 8. The molecule has 0 aliphatic heterocycles. The molecule has 1 aromatic carbocycles. The van der Waals surface area contributed by atoms with E-state index in [2.05, 4.69) is 4.98 Å². The summed E-state index contributed by atoms with van der Waals surface area (Å²) in [4.78, 5) is 28.7. The number of halogens is 1. The molecule has 0 bridgehead atoms. The van der Waals surface area contributed by atoms with Crippen molar-refractivity contribution in [3.8, 4) is 0 Å². The number of carbonyl (C=O) groups excluding carboxylic acids is 1. The van der Waals surface area contributed by atoms with Crippen LogP contribution in [0.3, 0.4) is 0 Å². The van der Waals surface area contributed by atoms with E-state index in [0.717, 1.165) is 0 Å². The summed E-state index contributed by atoms with van der Waals surface area (Å²) in [5.41, 5.74) is 5.68. The first-order chi connectivity index (χ1) is 11.4. The Kier molecular flexibility index (Phi) is 6.65. The second-order valence-electron chi connectivity index (χ2n) is 5.23. The number of aromatic nitrogens is 2. The molecule has 24 heavy (non-hydrogen) atoms. The van der Waals surface area contributed by atoms with Gasteiger partial charge in [0, 0.05) is 24.8 Å². The molecule has 8 heteroatoms. The third kappa shape index (κ3) is 4.49. The van der Waals surface area contributed by atoms with Gasteiger partial charge in [-0.15, -0.1) is 0 Å². The normalized spacial score (nSPS) is 12.5. The van der Waals surface area contributed by atoms with Crippen molar-refractivity contribution in [2.45, 2.75) is 37.2 Å². The predicted octanol–water partition coefficient (Wildman–Crippen LogP) is 2.44. The van der Waals surface area contributed by atoms with E-state index in [1.165, 1.54) is 11.8 Å². The molecule has 0 aliphatic carbocycles. The van der Waals surface area contributed by atoms with Crippen molar-refractivity contribution < 1.29 is 9.53 Å². The monoisotopic (exact) mass is 369 g/mol. The maximum absolute atomic E-state index is 12.8. The number of ether oxygens (including phenoxy) is 1. The van der Waals surface area contributed by atoms with Crippen LogP contribution in [0.5, 0.6) is 0 Å². The zero-order valence-corrected chi connectivity index (χ0v) is 15.2. The highest BCUT2D eigenvalue weighted by Gasteiger charge is 2.17. The van der Waals surface area contributed by atoms with Crippen LogP contribution >= 0.6 is 23.4 Å². The molecule has 130 valence electrons. The van der Waals surface area contributed by atoms with Crippen LogP contribution in [-0.4, -0.2) is 33.9 Å². The highest BCUT2D eigenvalue weighted by molar-refractivity contribution is 8.00. The summed E-state index contributed by atoms with van der Waals surface area (Å²) in [7, 11) is 0. The molecule has 1 heterocycles. The van der Waals surface area contributed by atoms with Gasteiger partial charge >= 0.3 is 0 Å². The van der Waals surface area contributed by atoms with Crippen molar-refractivity contribution in [3.63, 3.8) is 0 Å². The first kappa shape index (κ1) is 18.8. The van der Waals surface area contributed by atoms with Gasteiger partial charge in [0.15, 0.2) is 5.16 Å². The highest BCUT2D eigenvalue weighted by Crippen LogP contribution is 2.23. The molecule has 0 fully saturated rings. The smallest absolute Gasteiger partial charge is 0.262 e. The van der Waals surface area contributed by atoms with Gasteiger partial charge in [0.2, 0.25) is 5.91 Å². The van der Waals surface area contributed by atoms with Gasteiger partial charge in [-0.2, -0.15) is 0 Å². The summed E-state index contributed by atoms with van der Waals surface area (Å²) >= 11 is 7.16. The maximum atomic E-state index is 12.8. The lowest BCUT2D eigenvalue weighted by Gasteiger charge is -2.15. The van der Waals surface area contributed by atoms with Crippen LogP contribution in [0.2, 0.25) is 5.02 Å². The third-order valence-electron chi connectivity index (χ3n) is 3.44. The maximum Gasteiger partial charge on any atom is 0.262 e. The van der Waals surface area contributed by atoms with Gasteiger partial charge < -0.3 is 10.5 Å². The number of amides is 1. The van der Waals surface area contributed by atoms with Gasteiger partial charge in [-0.1, -0.05) is 23.4 Å². The standard InChI is InChI=1S/C16H20ClN3O3S/c1-3-23-8-4-7-20-15(22)12-6-5-11(17)9-13(12)19-16(20)24-10(2)14(18)21/h5-6,9-10H,3-4,7-8H2,1-2H3,(H2,18,21)/t10-/m0/s1. The van der Waals surface area contributed by atoms with Crippen molar-refractivity contribution >= 4 is 40.2 Å². The van der Waals surface area contributed by atoms with Gasteiger partial charge in [0.25, 0.3) is 5.56 Å². The van der Waals surface area contributed by atoms with Crippen molar-refractivity contribution in [1.82, 2.24) is 9.55 Å². The van der Waals surface area contributed by atoms with Crippen molar-refractivity contribution in [2.75, 3.05) is 13.2 Å². The number of thioether (sulfide) groups is 1. The van der Waals surface area contributed by atoms with Crippen LogP contribution < -0.4 is 11.3 Å². The van der Waals surface area contributed by atoms with E-state index in [1.54, 1.807) is 29.7 Å². The second kappa shape index (κ2) is 8.50. The first-order valence-electron chi connectivity index (χ1n) is 7.67. The number of nitrogens with zero attached hydrogens (tertiary/aromatic N) is 2. The van der Waals surface area contributed by atoms with Crippen LogP contribution in [0.1, 0.15) is 20.3 Å². The number of fused-ring (bicyclic) bond motifs is 1. The van der Waals surface area contributed by atoms with E-state index in [4.69, 9.17) is 22.1 Å². The largest absolute Gasteiger partial charge is 0.382 e. The van der Waals surface area contributed by atoms with Crippen LogP contribution in [0.4, 0.5) is 0 Å². The molecule has 0 aliphatic rings. The zero-order valence-electron chi connectivity index (χ0n) is 13.6. The van der Waals surface area contributed by atoms with Crippen molar-refractivity contribution in [3.05, 3.63) is 33.6 Å². The fraction of sp³-hybridized carbons (Fsp3) is 0.438.